The SMILES string of the molecule is Cc1cc(OC2CCC(C=O)CC2)ccc1Br. The van der Waals surface area contributed by atoms with Crippen LogP contribution in [-0.4, -0.2) is 12.4 Å². The van der Waals surface area contributed by atoms with Crippen molar-refractivity contribution >= 4 is 22.2 Å². The fourth-order valence-electron chi connectivity index (χ4n) is 2.23. The van der Waals surface area contributed by atoms with Crippen molar-refractivity contribution in [2.75, 3.05) is 0 Å². The average molecular weight is 297 g/mol. The highest BCUT2D eigenvalue weighted by molar-refractivity contribution is 9.10. The number of benzene rings is 1. The van der Waals surface area contributed by atoms with Crippen molar-refractivity contribution in [3.8, 4) is 5.75 Å². The van der Waals surface area contributed by atoms with Gasteiger partial charge in [-0.3, -0.25) is 0 Å². The lowest BCUT2D eigenvalue weighted by atomic mass is 9.88. The van der Waals surface area contributed by atoms with E-state index in [9.17, 15) is 4.79 Å². The van der Waals surface area contributed by atoms with E-state index in [-0.39, 0.29) is 12.0 Å². The molecule has 0 atom stereocenters. The number of hydrogen-bond acceptors (Lipinski definition) is 2. The average Bonchev–Trinajstić information content (AvgIpc) is 2.35. The Morgan fingerprint density at radius 1 is 1.29 bits per heavy atom. The number of carbonyl (C=O) groups excluding carboxylic acids is 1. The van der Waals surface area contributed by atoms with Crippen LogP contribution in [0.2, 0.25) is 0 Å². The van der Waals surface area contributed by atoms with Gasteiger partial charge < -0.3 is 9.53 Å². The van der Waals surface area contributed by atoms with Crippen molar-refractivity contribution < 1.29 is 9.53 Å². The second kappa shape index (κ2) is 5.67. The zero-order valence-electron chi connectivity index (χ0n) is 9.99. The molecule has 17 heavy (non-hydrogen) atoms. The van der Waals surface area contributed by atoms with Crippen molar-refractivity contribution in [2.24, 2.45) is 5.92 Å². The smallest absolute Gasteiger partial charge is 0.123 e. The standard InChI is InChI=1S/C14H17BrO2/c1-10-8-13(6-7-14(10)15)17-12-4-2-11(9-16)3-5-12/h6-9,11-12H,2-5H2,1H3. The molecule has 0 spiro atoms. The Balaban J connectivity index is 1.93. The molecule has 0 N–H and O–H groups in total. The number of aldehydes is 1. The lowest BCUT2D eigenvalue weighted by Crippen LogP contribution is -2.24. The minimum absolute atomic E-state index is 0.251. The summed E-state index contributed by atoms with van der Waals surface area (Å²) < 4.78 is 7.05. The van der Waals surface area contributed by atoms with E-state index in [0.717, 1.165) is 42.2 Å². The first-order chi connectivity index (χ1) is 8.19. The maximum atomic E-state index is 10.7. The van der Waals surface area contributed by atoms with E-state index in [1.807, 2.05) is 12.1 Å². The fourth-order valence-corrected chi connectivity index (χ4v) is 2.47. The number of aryl methyl sites for hydroxylation is 1. The van der Waals surface area contributed by atoms with Crippen molar-refractivity contribution in [1.82, 2.24) is 0 Å². The normalized spacial score (nSPS) is 24.4. The molecule has 3 heteroatoms. The second-order valence-corrected chi connectivity index (χ2v) is 5.56. The van der Waals surface area contributed by atoms with Crippen LogP contribution >= 0.6 is 15.9 Å². The van der Waals surface area contributed by atoms with Crippen LogP contribution in [0.1, 0.15) is 31.2 Å². The maximum Gasteiger partial charge on any atom is 0.123 e. The molecular formula is C14H17BrO2. The highest BCUT2D eigenvalue weighted by Crippen LogP contribution is 2.28. The van der Waals surface area contributed by atoms with Gasteiger partial charge in [0.1, 0.15) is 12.0 Å². The Morgan fingerprint density at radius 2 is 2.00 bits per heavy atom. The van der Waals surface area contributed by atoms with Gasteiger partial charge in [-0.1, -0.05) is 15.9 Å². The topological polar surface area (TPSA) is 26.3 Å². The summed E-state index contributed by atoms with van der Waals surface area (Å²) in [4.78, 5) is 10.7. The molecule has 1 saturated carbocycles. The molecule has 2 rings (SSSR count). The third-order valence-electron chi connectivity index (χ3n) is 3.34. The number of halogens is 1. The summed E-state index contributed by atoms with van der Waals surface area (Å²) in [5.41, 5.74) is 1.18. The number of carbonyl (C=O) groups is 1. The molecule has 0 bridgehead atoms. The van der Waals surface area contributed by atoms with E-state index in [1.165, 1.54) is 5.56 Å². The molecule has 0 aromatic heterocycles. The van der Waals surface area contributed by atoms with Crippen LogP contribution in [0, 0.1) is 12.8 Å². The van der Waals surface area contributed by atoms with Gasteiger partial charge in [-0.2, -0.15) is 0 Å². The van der Waals surface area contributed by atoms with Crippen LogP contribution in [0.25, 0.3) is 0 Å². The fraction of sp³-hybridized carbons (Fsp3) is 0.500. The Labute approximate surface area is 110 Å². The molecule has 0 amide bonds. The summed E-state index contributed by atoms with van der Waals surface area (Å²) in [5.74, 6) is 1.18. The van der Waals surface area contributed by atoms with Crippen LogP contribution in [0.15, 0.2) is 22.7 Å². The van der Waals surface area contributed by atoms with Gasteiger partial charge in [-0.25, -0.2) is 0 Å². The van der Waals surface area contributed by atoms with Crippen molar-refractivity contribution in [3.63, 3.8) is 0 Å². The summed E-state index contributed by atoms with van der Waals surface area (Å²) in [6.07, 6.45) is 5.25. The van der Waals surface area contributed by atoms with Crippen LogP contribution in [0.3, 0.4) is 0 Å². The van der Waals surface area contributed by atoms with Gasteiger partial charge >= 0.3 is 0 Å². The molecule has 1 aliphatic rings. The molecule has 1 aliphatic carbocycles. The highest BCUT2D eigenvalue weighted by Gasteiger charge is 2.21. The van der Waals surface area contributed by atoms with Crippen LogP contribution in [-0.2, 0) is 4.79 Å². The molecule has 0 radical (unpaired) electrons. The largest absolute Gasteiger partial charge is 0.490 e. The number of hydrogen-bond donors (Lipinski definition) is 0. The first-order valence-corrected chi connectivity index (χ1v) is 6.86. The number of rotatable bonds is 3. The van der Waals surface area contributed by atoms with Crippen molar-refractivity contribution in [2.45, 2.75) is 38.7 Å². The van der Waals surface area contributed by atoms with Crippen LogP contribution in [0.5, 0.6) is 5.75 Å². The lowest BCUT2D eigenvalue weighted by Gasteiger charge is -2.26. The molecule has 1 aromatic carbocycles. The van der Waals surface area contributed by atoms with E-state index in [2.05, 4.69) is 28.9 Å². The van der Waals surface area contributed by atoms with E-state index < -0.39 is 0 Å². The predicted octanol–water partition coefficient (Wildman–Crippen LogP) is 3.89. The van der Waals surface area contributed by atoms with Gasteiger partial charge in [0.05, 0.1) is 6.10 Å². The van der Waals surface area contributed by atoms with Gasteiger partial charge in [0.25, 0.3) is 0 Å². The van der Waals surface area contributed by atoms with E-state index in [0.29, 0.717) is 0 Å². The number of ether oxygens (including phenoxy) is 1. The molecule has 1 fully saturated rings. The molecule has 0 saturated heterocycles. The Hall–Kier alpha value is -0.830. The molecular weight excluding hydrogens is 280 g/mol. The minimum atomic E-state index is 0.251. The quantitative estimate of drug-likeness (QED) is 0.791. The van der Waals surface area contributed by atoms with Crippen LogP contribution < -0.4 is 4.74 Å². The monoisotopic (exact) mass is 296 g/mol. The van der Waals surface area contributed by atoms with Gasteiger partial charge in [0.2, 0.25) is 0 Å². The zero-order chi connectivity index (χ0) is 12.3. The summed E-state index contributed by atoms with van der Waals surface area (Å²) in [5, 5.41) is 0. The second-order valence-electron chi connectivity index (χ2n) is 4.70. The van der Waals surface area contributed by atoms with E-state index in [1.54, 1.807) is 0 Å². The molecule has 0 unspecified atom stereocenters. The van der Waals surface area contributed by atoms with Crippen molar-refractivity contribution in [1.29, 1.82) is 0 Å². The Bertz CT molecular complexity index is 395. The summed E-state index contributed by atoms with van der Waals surface area (Å²) in [7, 11) is 0. The van der Waals surface area contributed by atoms with Crippen LogP contribution in [0.4, 0.5) is 0 Å². The summed E-state index contributed by atoms with van der Waals surface area (Å²) in [6.45, 7) is 2.06. The molecule has 0 aliphatic heterocycles. The minimum Gasteiger partial charge on any atom is -0.490 e. The third kappa shape index (κ3) is 3.32. The Kier molecular flexibility index (Phi) is 4.21. The van der Waals surface area contributed by atoms with E-state index >= 15 is 0 Å². The lowest BCUT2D eigenvalue weighted by molar-refractivity contribution is -0.112. The summed E-state index contributed by atoms with van der Waals surface area (Å²) in [6, 6.07) is 6.06. The Morgan fingerprint density at radius 3 is 2.59 bits per heavy atom. The van der Waals surface area contributed by atoms with E-state index in [4.69, 9.17) is 4.74 Å². The van der Waals surface area contributed by atoms with Gasteiger partial charge in [0, 0.05) is 10.4 Å². The van der Waals surface area contributed by atoms with Gasteiger partial charge in [0.15, 0.2) is 0 Å². The maximum absolute atomic E-state index is 10.7. The molecule has 2 nitrogen and oxygen atoms in total. The van der Waals surface area contributed by atoms with Gasteiger partial charge in [-0.15, -0.1) is 0 Å². The first kappa shape index (κ1) is 12.6. The third-order valence-corrected chi connectivity index (χ3v) is 4.23. The van der Waals surface area contributed by atoms with Gasteiger partial charge in [-0.05, 0) is 56.4 Å². The van der Waals surface area contributed by atoms with Crippen molar-refractivity contribution in [3.05, 3.63) is 28.2 Å². The first-order valence-electron chi connectivity index (χ1n) is 6.07. The molecule has 92 valence electrons. The molecule has 0 heterocycles. The molecule has 1 aromatic rings. The zero-order valence-corrected chi connectivity index (χ0v) is 11.6. The predicted molar refractivity (Wildman–Crippen MR) is 71.3 cm³/mol. The summed E-state index contributed by atoms with van der Waals surface area (Å²) >= 11 is 3.48. The highest BCUT2D eigenvalue weighted by atomic mass is 79.9.